The number of phenolic OH excluding ortho intramolecular Hbond substituents is 1. The van der Waals surface area contributed by atoms with Gasteiger partial charge in [-0.2, -0.15) is 5.26 Å². The predicted octanol–water partition coefficient (Wildman–Crippen LogP) is 3.55. The number of hydrogen-bond donors (Lipinski definition) is 1. The lowest BCUT2D eigenvalue weighted by Gasteiger charge is -2.08. The number of rotatable bonds is 3. The van der Waals surface area contributed by atoms with Crippen LogP contribution < -0.4 is 4.74 Å². The summed E-state index contributed by atoms with van der Waals surface area (Å²) in [6.45, 7) is 0.833. The molecule has 1 N–H and O–H groups in total. The van der Waals surface area contributed by atoms with Crippen molar-refractivity contribution in [2.45, 2.75) is 32.2 Å². The van der Waals surface area contributed by atoms with E-state index in [1.807, 2.05) is 4.57 Å². The number of phenols is 1. The normalized spacial score (nSPS) is 14.6. The number of methoxy groups -OCH3 is 1. The van der Waals surface area contributed by atoms with Crippen LogP contribution in [0, 0.1) is 11.3 Å². The molecule has 6 nitrogen and oxygen atoms in total. The van der Waals surface area contributed by atoms with Crippen LogP contribution in [0.3, 0.4) is 0 Å². The number of halogens is 1. The van der Waals surface area contributed by atoms with Crippen molar-refractivity contribution in [1.29, 1.82) is 5.26 Å². The average Bonchev–Trinajstić information content (AvgIpc) is 2.83. The zero-order valence-electron chi connectivity index (χ0n) is 13.3. The smallest absolute Gasteiger partial charge is 0.174 e. The van der Waals surface area contributed by atoms with Crippen LogP contribution in [0.25, 0.3) is 11.6 Å². The number of nitriles is 1. The molecule has 2 aromatic rings. The molecular weight excluding hydrogens is 372 g/mol. The Labute approximate surface area is 148 Å². The standard InChI is InChI=1S/C17H17BrN4O2/c1-24-14-9-11(8-13(18)16(14)23)7-12(10-19)17-21-20-15-5-3-2-4-6-22(15)17/h7-9,23H,2-6H2,1H3/b12-7+. The molecule has 0 bridgehead atoms. The van der Waals surface area contributed by atoms with Gasteiger partial charge in [0.1, 0.15) is 11.9 Å². The molecule has 2 heterocycles. The van der Waals surface area contributed by atoms with E-state index in [4.69, 9.17) is 4.74 Å². The number of allylic oxidation sites excluding steroid dienone is 1. The topological polar surface area (TPSA) is 84.0 Å². The van der Waals surface area contributed by atoms with Crippen LogP contribution in [0.15, 0.2) is 16.6 Å². The van der Waals surface area contributed by atoms with Gasteiger partial charge in [0.25, 0.3) is 0 Å². The van der Waals surface area contributed by atoms with E-state index in [2.05, 4.69) is 32.2 Å². The minimum Gasteiger partial charge on any atom is -0.503 e. The molecule has 0 saturated carbocycles. The Morgan fingerprint density at radius 2 is 2.21 bits per heavy atom. The highest BCUT2D eigenvalue weighted by Crippen LogP contribution is 2.36. The molecule has 0 radical (unpaired) electrons. The van der Waals surface area contributed by atoms with E-state index in [1.165, 1.54) is 7.11 Å². The molecule has 124 valence electrons. The Bertz CT molecular complexity index is 836. The Morgan fingerprint density at radius 3 is 2.96 bits per heavy atom. The van der Waals surface area contributed by atoms with Crippen LogP contribution in [0.1, 0.15) is 36.5 Å². The fourth-order valence-corrected chi connectivity index (χ4v) is 3.29. The molecule has 0 amide bonds. The highest BCUT2D eigenvalue weighted by Gasteiger charge is 2.18. The first kappa shape index (κ1) is 16.5. The van der Waals surface area contributed by atoms with E-state index in [0.717, 1.165) is 43.6 Å². The van der Waals surface area contributed by atoms with Gasteiger partial charge in [-0.3, -0.25) is 0 Å². The number of ether oxygens (including phenoxy) is 1. The Kier molecular flexibility index (Phi) is 4.86. The number of fused-ring (bicyclic) bond motifs is 1. The number of aryl methyl sites for hydroxylation is 1. The minimum absolute atomic E-state index is 0.0319. The first-order valence-corrected chi connectivity index (χ1v) is 8.54. The van der Waals surface area contributed by atoms with Gasteiger partial charge in [0.05, 0.1) is 17.2 Å². The molecule has 0 atom stereocenters. The highest BCUT2D eigenvalue weighted by molar-refractivity contribution is 9.10. The van der Waals surface area contributed by atoms with Crippen LogP contribution in [0.2, 0.25) is 0 Å². The molecule has 24 heavy (non-hydrogen) atoms. The lowest BCUT2D eigenvalue weighted by molar-refractivity contribution is 0.372. The minimum atomic E-state index is 0.0319. The summed E-state index contributed by atoms with van der Waals surface area (Å²) < 4.78 is 7.70. The summed E-state index contributed by atoms with van der Waals surface area (Å²) in [6, 6.07) is 5.62. The maximum atomic E-state index is 9.90. The first-order chi connectivity index (χ1) is 11.6. The number of aromatic nitrogens is 3. The Hall–Kier alpha value is -2.33. The summed E-state index contributed by atoms with van der Waals surface area (Å²) in [4.78, 5) is 0. The zero-order chi connectivity index (χ0) is 17.1. The largest absolute Gasteiger partial charge is 0.503 e. The van der Waals surface area contributed by atoms with Crippen molar-refractivity contribution in [1.82, 2.24) is 14.8 Å². The number of aromatic hydroxyl groups is 1. The van der Waals surface area contributed by atoms with Crippen molar-refractivity contribution in [3.8, 4) is 17.6 Å². The molecule has 0 fully saturated rings. The maximum Gasteiger partial charge on any atom is 0.174 e. The summed E-state index contributed by atoms with van der Waals surface area (Å²) in [5.74, 6) is 1.91. The summed E-state index contributed by atoms with van der Waals surface area (Å²) in [6.07, 6.45) is 5.96. The van der Waals surface area contributed by atoms with Crippen molar-refractivity contribution in [3.63, 3.8) is 0 Å². The zero-order valence-corrected chi connectivity index (χ0v) is 14.9. The lowest BCUT2D eigenvalue weighted by Crippen LogP contribution is -2.05. The second-order valence-corrected chi connectivity index (χ2v) is 6.48. The van der Waals surface area contributed by atoms with Gasteiger partial charge in [0.15, 0.2) is 17.3 Å². The van der Waals surface area contributed by atoms with E-state index < -0.39 is 0 Å². The lowest BCUT2D eigenvalue weighted by atomic mass is 10.1. The SMILES string of the molecule is COc1cc(/C=C(\C#N)c2nnc3n2CCCCC3)cc(Br)c1O. The molecule has 0 spiro atoms. The van der Waals surface area contributed by atoms with Crippen molar-refractivity contribution in [2.24, 2.45) is 0 Å². The quantitative estimate of drug-likeness (QED) is 0.812. The van der Waals surface area contributed by atoms with Gasteiger partial charge in [0.2, 0.25) is 0 Å². The summed E-state index contributed by atoms with van der Waals surface area (Å²) in [5, 5.41) is 28.0. The van der Waals surface area contributed by atoms with Gasteiger partial charge in [-0.05, 0) is 52.5 Å². The van der Waals surface area contributed by atoms with Gasteiger partial charge in [-0.1, -0.05) is 6.42 Å². The molecular formula is C17H17BrN4O2. The maximum absolute atomic E-state index is 9.90. The van der Waals surface area contributed by atoms with Crippen LogP contribution in [-0.4, -0.2) is 27.0 Å². The summed E-state index contributed by atoms with van der Waals surface area (Å²) >= 11 is 3.29. The van der Waals surface area contributed by atoms with Gasteiger partial charge in [0, 0.05) is 13.0 Å². The van der Waals surface area contributed by atoms with Crippen LogP contribution in [0.5, 0.6) is 11.5 Å². The Balaban J connectivity index is 2.04. The highest BCUT2D eigenvalue weighted by atomic mass is 79.9. The van der Waals surface area contributed by atoms with E-state index in [0.29, 0.717) is 21.6 Å². The number of benzene rings is 1. The molecule has 1 aromatic heterocycles. The summed E-state index contributed by atoms with van der Waals surface area (Å²) in [7, 11) is 1.48. The van der Waals surface area contributed by atoms with Crippen LogP contribution in [-0.2, 0) is 13.0 Å². The predicted molar refractivity (Wildman–Crippen MR) is 93.4 cm³/mol. The second-order valence-electron chi connectivity index (χ2n) is 5.63. The molecule has 1 aliphatic heterocycles. The first-order valence-electron chi connectivity index (χ1n) is 7.74. The van der Waals surface area contributed by atoms with Crippen molar-refractivity contribution >= 4 is 27.6 Å². The van der Waals surface area contributed by atoms with Crippen molar-refractivity contribution < 1.29 is 9.84 Å². The average molecular weight is 389 g/mol. The monoisotopic (exact) mass is 388 g/mol. The molecule has 1 aromatic carbocycles. The van der Waals surface area contributed by atoms with Gasteiger partial charge >= 0.3 is 0 Å². The van der Waals surface area contributed by atoms with Crippen LogP contribution >= 0.6 is 15.9 Å². The van der Waals surface area contributed by atoms with E-state index in [-0.39, 0.29) is 5.75 Å². The van der Waals surface area contributed by atoms with Gasteiger partial charge in [-0.15, -0.1) is 10.2 Å². The number of nitrogens with zero attached hydrogens (tertiary/aromatic N) is 4. The fourth-order valence-electron chi connectivity index (χ4n) is 2.83. The Morgan fingerprint density at radius 1 is 1.38 bits per heavy atom. The molecule has 1 aliphatic rings. The third kappa shape index (κ3) is 3.15. The molecule has 0 saturated heterocycles. The molecule has 7 heteroatoms. The molecule has 0 unspecified atom stereocenters. The van der Waals surface area contributed by atoms with Gasteiger partial charge in [-0.25, -0.2) is 0 Å². The molecule has 0 aliphatic carbocycles. The summed E-state index contributed by atoms with van der Waals surface area (Å²) in [5.41, 5.74) is 1.18. The van der Waals surface area contributed by atoms with E-state index >= 15 is 0 Å². The van der Waals surface area contributed by atoms with Crippen molar-refractivity contribution in [3.05, 3.63) is 33.8 Å². The number of hydrogen-bond acceptors (Lipinski definition) is 5. The van der Waals surface area contributed by atoms with E-state index in [1.54, 1.807) is 18.2 Å². The van der Waals surface area contributed by atoms with Crippen LogP contribution in [0.4, 0.5) is 0 Å². The third-order valence-corrected chi connectivity index (χ3v) is 4.66. The van der Waals surface area contributed by atoms with E-state index in [9.17, 15) is 10.4 Å². The van der Waals surface area contributed by atoms with Gasteiger partial charge < -0.3 is 14.4 Å². The van der Waals surface area contributed by atoms with Crippen molar-refractivity contribution in [2.75, 3.05) is 7.11 Å². The third-order valence-electron chi connectivity index (χ3n) is 4.05. The second kappa shape index (κ2) is 7.05. The fraction of sp³-hybridized carbons (Fsp3) is 0.353. The molecule has 3 rings (SSSR count).